The standard InChI is InChI=1S/C12H21N5O2/c1-9-15-11(19-16-9)6-14-12(13-2)17(3)7-10-4-5-18-8-10/h10H,4-8H2,1-3H3,(H,13,14). The van der Waals surface area contributed by atoms with Crippen LogP contribution in [-0.4, -0.2) is 54.9 Å². The van der Waals surface area contributed by atoms with E-state index in [1.165, 1.54) is 0 Å². The van der Waals surface area contributed by atoms with Gasteiger partial charge in [0.1, 0.15) is 0 Å². The van der Waals surface area contributed by atoms with Gasteiger partial charge in [-0.3, -0.25) is 4.99 Å². The first kappa shape index (κ1) is 13.8. The molecule has 1 saturated heterocycles. The average molecular weight is 267 g/mol. The van der Waals surface area contributed by atoms with E-state index in [4.69, 9.17) is 9.26 Å². The second-order valence-corrected chi connectivity index (χ2v) is 4.75. The van der Waals surface area contributed by atoms with Gasteiger partial charge in [-0.05, 0) is 13.3 Å². The van der Waals surface area contributed by atoms with Crippen LogP contribution in [0.25, 0.3) is 0 Å². The molecule has 0 aliphatic carbocycles. The summed E-state index contributed by atoms with van der Waals surface area (Å²) in [5, 5.41) is 6.96. The van der Waals surface area contributed by atoms with E-state index < -0.39 is 0 Å². The molecule has 0 radical (unpaired) electrons. The average Bonchev–Trinajstić information content (AvgIpc) is 3.02. The Labute approximate surface area is 113 Å². The molecule has 1 aromatic heterocycles. The van der Waals surface area contributed by atoms with Gasteiger partial charge in [-0.25, -0.2) is 0 Å². The van der Waals surface area contributed by atoms with Crippen LogP contribution in [0.1, 0.15) is 18.1 Å². The van der Waals surface area contributed by atoms with E-state index in [0.29, 0.717) is 24.2 Å². The molecule has 1 aliphatic rings. The van der Waals surface area contributed by atoms with Gasteiger partial charge in [-0.1, -0.05) is 5.16 Å². The fraction of sp³-hybridized carbons (Fsp3) is 0.750. The van der Waals surface area contributed by atoms with E-state index in [0.717, 1.165) is 32.1 Å². The van der Waals surface area contributed by atoms with Crippen LogP contribution in [0.5, 0.6) is 0 Å². The number of ether oxygens (including phenoxy) is 1. The summed E-state index contributed by atoms with van der Waals surface area (Å²) in [5.74, 6) is 2.61. The lowest BCUT2D eigenvalue weighted by Crippen LogP contribution is -2.41. The maximum absolute atomic E-state index is 5.38. The monoisotopic (exact) mass is 267 g/mol. The second kappa shape index (κ2) is 6.51. The highest BCUT2D eigenvalue weighted by molar-refractivity contribution is 5.79. The third kappa shape index (κ3) is 3.92. The highest BCUT2D eigenvalue weighted by Gasteiger charge is 2.19. The second-order valence-electron chi connectivity index (χ2n) is 4.75. The number of aromatic nitrogens is 2. The van der Waals surface area contributed by atoms with Crippen molar-refractivity contribution < 1.29 is 9.26 Å². The van der Waals surface area contributed by atoms with Crippen molar-refractivity contribution in [2.75, 3.05) is 33.9 Å². The van der Waals surface area contributed by atoms with Crippen LogP contribution in [-0.2, 0) is 11.3 Å². The number of nitrogens with one attached hydrogen (secondary N) is 1. The number of hydrogen-bond acceptors (Lipinski definition) is 5. The molecule has 0 bridgehead atoms. The zero-order valence-corrected chi connectivity index (χ0v) is 11.7. The van der Waals surface area contributed by atoms with Gasteiger partial charge in [-0.2, -0.15) is 4.98 Å². The fourth-order valence-corrected chi connectivity index (χ4v) is 2.15. The number of hydrogen-bond donors (Lipinski definition) is 1. The first-order valence-electron chi connectivity index (χ1n) is 6.47. The van der Waals surface area contributed by atoms with E-state index in [1.54, 1.807) is 14.0 Å². The molecule has 1 atom stereocenters. The van der Waals surface area contributed by atoms with Gasteiger partial charge < -0.3 is 19.5 Å². The van der Waals surface area contributed by atoms with Crippen LogP contribution in [0.3, 0.4) is 0 Å². The SMILES string of the molecule is CN=C(NCc1nc(C)no1)N(C)CC1CCOC1. The predicted octanol–water partition coefficient (Wildman–Crippen LogP) is 0.422. The number of rotatable bonds is 4. The number of guanidine groups is 1. The van der Waals surface area contributed by atoms with Crippen molar-refractivity contribution >= 4 is 5.96 Å². The van der Waals surface area contributed by atoms with Gasteiger partial charge in [0.25, 0.3) is 0 Å². The minimum Gasteiger partial charge on any atom is -0.381 e. The summed E-state index contributed by atoms with van der Waals surface area (Å²) in [6.07, 6.45) is 1.12. The van der Waals surface area contributed by atoms with Crippen LogP contribution in [0.15, 0.2) is 9.52 Å². The van der Waals surface area contributed by atoms with Crippen LogP contribution in [0.4, 0.5) is 0 Å². The topological polar surface area (TPSA) is 75.8 Å². The summed E-state index contributed by atoms with van der Waals surface area (Å²) in [5.41, 5.74) is 0. The molecule has 7 nitrogen and oxygen atoms in total. The lowest BCUT2D eigenvalue weighted by Gasteiger charge is -2.23. The minimum absolute atomic E-state index is 0.485. The van der Waals surface area contributed by atoms with Gasteiger partial charge in [0, 0.05) is 33.2 Å². The zero-order chi connectivity index (χ0) is 13.7. The molecule has 1 N–H and O–H groups in total. The molecule has 0 saturated carbocycles. The molecule has 7 heteroatoms. The maximum atomic E-state index is 5.38. The van der Waals surface area contributed by atoms with Crippen molar-refractivity contribution in [2.24, 2.45) is 10.9 Å². The Balaban J connectivity index is 1.81. The summed E-state index contributed by atoms with van der Waals surface area (Å²) >= 11 is 0. The molecule has 2 heterocycles. The highest BCUT2D eigenvalue weighted by atomic mass is 16.5. The number of aliphatic imine (C=N–C) groups is 1. The smallest absolute Gasteiger partial charge is 0.246 e. The van der Waals surface area contributed by atoms with E-state index in [9.17, 15) is 0 Å². The molecule has 1 aliphatic heterocycles. The first-order valence-corrected chi connectivity index (χ1v) is 6.47. The zero-order valence-electron chi connectivity index (χ0n) is 11.7. The highest BCUT2D eigenvalue weighted by Crippen LogP contribution is 2.13. The molecule has 2 rings (SSSR count). The first-order chi connectivity index (χ1) is 9.19. The summed E-state index contributed by atoms with van der Waals surface area (Å²) in [6.45, 7) is 4.92. The normalized spacial score (nSPS) is 19.7. The number of nitrogens with zero attached hydrogens (tertiary/aromatic N) is 4. The van der Waals surface area contributed by atoms with Crippen LogP contribution in [0, 0.1) is 12.8 Å². The Bertz CT molecular complexity index is 426. The molecule has 1 fully saturated rings. The minimum atomic E-state index is 0.485. The van der Waals surface area contributed by atoms with Gasteiger partial charge >= 0.3 is 0 Å². The van der Waals surface area contributed by atoms with Crippen LogP contribution in [0.2, 0.25) is 0 Å². The largest absolute Gasteiger partial charge is 0.381 e. The van der Waals surface area contributed by atoms with Crippen LogP contribution < -0.4 is 5.32 Å². The molecule has 0 aromatic carbocycles. The molecule has 1 unspecified atom stereocenters. The van der Waals surface area contributed by atoms with Crippen molar-refractivity contribution in [1.82, 2.24) is 20.4 Å². The summed E-state index contributed by atoms with van der Waals surface area (Å²) in [7, 11) is 3.79. The Morgan fingerprint density at radius 3 is 3.00 bits per heavy atom. The number of aryl methyl sites for hydroxylation is 1. The van der Waals surface area contributed by atoms with Gasteiger partial charge in [0.05, 0.1) is 13.2 Å². The van der Waals surface area contributed by atoms with Crippen molar-refractivity contribution in [2.45, 2.75) is 19.9 Å². The summed E-state index contributed by atoms with van der Waals surface area (Å²) in [6, 6.07) is 0. The van der Waals surface area contributed by atoms with Crippen molar-refractivity contribution in [1.29, 1.82) is 0 Å². The molecule has 19 heavy (non-hydrogen) atoms. The third-order valence-corrected chi connectivity index (χ3v) is 3.10. The molecule has 0 amide bonds. The Hall–Kier alpha value is -1.63. The Morgan fingerprint density at radius 2 is 2.42 bits per heavy atom. The van der Waals surface area contributed by atoms with Gasteiger partial charge in [0.15, 0.2) is 11.8 Å². The lowest BCUT2D eigenvalue weighted by atomic mass is 10.1. The fourth-order valence-electron chi connectivity index (χ4n) is 2.15. The van der Waals surface area contributed by atoms with Crippen LogP contribution >= 0.6 is 0 Å². The molecule has 1 aromatic rings. The molecule has 106 valence electrons. The van der Waals surface area contributed by atoms with Crippen molar-refractivity contribution in [3.63, 3.8) is 0 Å². The summed E-state index contributed by atoms with van der Waals surface area (Å²) < 4.78 is 10.4. The lowest BCUT2D eigenvalue weighted by molar-refractivity contribution is 0.181. The summed E-state index contributed by atoms with van der Waals surface area (Å²) in [4.78, 5) is 10.5. The van der Waals surface area contributed by atoms with E-state index in [-0.39, 0.29) is 0 Å². The van der Waals surface area contributed by atoms with Gasteiger partial charge in [0.2, 0.25) is 5.89 Å². The Kier molecular flexibility index (Phi) is 4.73. The van der Waals surface area contributed by atoms with E-state index in [2.05, 4.69) is 25.3 Å². The van der Waals surface area contributed by atoms with Gasteiger partial charge in [-0.15, -0.1) is 0 Å². The van der Waals surface area contributed by atoms with Crippen molar-refractivity contribution in [3.8, 4) is 0 Å². The predicted molar refractivity (Wildman–Crippen MR) is 70.8 cm³/mol. The maximum Gasteiger partial charge on any atom is 0.246 e. The Morgan fingerprint density at radius 1 is 1.58 bits per heavy atom. The van der Waals surface area contributed by atoms with Crippen molar-refractivity contribution in [3.05, 3.63) is 11.7 Å². The molecular formula is C12H21N5O2. The van der Waals surface area contributed by atoms with E-state index >= 15 is 0 Å². The molecular weight excluding hydrogens is 246 g/mol. The molecule has 0 spiro atoms. The quantitative estimate of drug-likeness (QED) is 0.629. The third-order valence-electron chi connectivity index (χ3n) is 3.10. The van der Waals surface area contributed by atoms with E-state index in [1.807, 2.05) is 7.05 Å².